The van der Waals surface area contributed by atoms with Crippen LogP contribution in [0.2, 0.25) is 0 Å². The fourth-order valence-corrected chi connectivity index (χ4v) is 3.56. The summed E-state index contributed by atoms with van der Waals surface area (Å²) in [6.45, 7) is 3.62. The Morgan fingerprint density at radius 1 is 0.857 bits per heavy atom. The number of fused-ring (bicyclic) bond motifs is 1. The van der Waals surface area contributed by atoms with Gasteiger partial charge in [0.25, 0.3) is 0 Å². The largest absolute Gasteiger partial charge is 0.493 e. The highest BCUT2D eigenvalue weighted by atomic mass is 16.3. The maximum atomic E-state index is 12.6. The third kappa shape index (κ3) is 5.41. The minimum atomic E-state index is -1.13. The van der Waals surface area contributed by atoms with Crippen LogP contribution >= 0.6 is 0 Å². The van der Waals surface area contributed by atoms with Crippen molar-refractivity contribution in [2.75, 3.05) is 10.6 Å². The van der Waals surface area contributed by atoms with Crippen molar-refractivity contribution in [3.8, 4) is 5.88 Å². The lowest BCUT2D eigenvalue weighted by Gasteiger charge is -2.09. The second-order valence-electron chi connectivity index (χ2n) is 8.02. The van der Waals surface area contributed by atoms with Crippen LogP contribution in [0, 0.1) is 13.8 Å². The fraction of sp³-hybridized carbons (Fsp3) is 0.115. The predicted molar refractivity (Wildman–Crippen MR) is 133 cm³/mol. The van der Waals surface area contributed by atoms with Crippen LogP contribution in [0.5, 0.6) is 5.88 Å². The maximum absolute atomic E-state index is 12.6. The molecule has 0 aliphatic heterocycles. The van der Waals surface area contributed by atoms with Gasteiger partial charge in [-0.1, -0.05) is 48.0 Å². The van der Waals surface area contributed by atoms with Gasteiger partial charge in [-0.15, -0.1) is 10.2 Å². The van der Waals surface area contributed by atoms with E-state index in [1.54, 1.807) is 54.6 Å². The molecule has 1 heterocycles. The van der Waals surface area contributed by atoms with Gasteiger partial charge in [-0.25, -0.2) is 0 Å². The normalized spacial score (nSPS) is 11.0. The fourth-order valence-electron chi connectivity index (χ4n) is 3.56. The highest BCUT2D eigenvalue weighted by Gasteiger charge is 2.20. The van der Waals surface area contributed by atoms with Crippen molar-refractivity contribution in [2.24, 2.45) is 10.2 Å². The van der Waals surface area contributed by atoms with Crippen LogP contribution < -0.4 is 10.6 Å². The van der Waals surface area contributed by atoms with Crippen molar-refractivity contribution in [1.82, 2.24) is 4.57 Å². The van der Waals surface area contributed by atoms with E-state index in [-0.39, 0.29) is 24.0 Å². The smallest absolute Gasteiger partial charge is 0.353 e. The van der Waals surface area contributed by atoms with Crippen LogP contribution in [0.15, 0.2) is 83.0 Å². The summed E-state index contributed by atoms with van der Waals surface area (Å²) in [4.78, 5) is 37.0. The van der Waals surface area contributed by atoms with E-state index in [0.717, 1.165) is 11.1 Å². The first-order valence-electron chi connectivity index (χ1n) is 10.8. The number of carbonyl (C=O) groups is 3. The average molecular weight is 470 g/mol. The Kier molecular flexibility index (Phi) is 6.68. The molecule has 3 amide bonds. The Hall–Kier alpha value is -4.79. The molecular formula is C26H23N5O4. The number of nitrogens with zero attached hydrogens (tertiary/aromatic N) is 3. The second kappa shape index (κ2) is 10.0. The SMILES string of the molecule is Cc1ccc(NC(=O)C(=O)N=Nc2c(O)n(CC(=O)Nc3cccc(C)c3)c3ccccc23)cc1. The Morgan fingerprint density at radius 2 is 1.60 bits per heavy atom. The summed E-state index contributed by atoms with van der Waals surface area (Å²) in [7, 11) is 0. The number of amides is 3. The van der Waals surface area contributed by atoms with E-state index in [0.29, 0.717) is 22.3 Å². The molecule has 0 saturated carbocycles. The first-order valence-corrected chi connectivity index (χ1v) is 10.8. The molecular weight excluding hydrogens is 446 g/mol. The molecule has 0 unspecified atom stereocenters. The van der Waals surface area contributed by atoms with Gasteiger partial charge in [-0.2, -0.15) is 0 Å². The second-order valence-corrected chi connectivity index (χ2v) is 8.02. The van der Waals surface area contributed by atoms with Gasteiger partial charge in [0, 0.05) is 16.8 Å². The predicted octanol–water partition coefficient (Wildman–Crippen LogP) is 4.85. The van der Waals surface area contributed by atoms with E-state index in [1.807, 2.05) is 32.0 Å². The van der Waals surface area contributed by atoms with Gasteiger partial charge in [0.2, 0.25) is 11.8 Å². The molecule has 0 bridgehead atoms. The lowest BCUT2D eigenvalue weighted by Crippen LogP contribution is -2.20. The zero-order valence-electron chi connectivity index (χ0n) is 19.1. The number of rotatable bonds is 5. The summed E-state index contributed by atoms with van der Waals surface area (Å²) in [5, 5.41) is 23.9. The Balaban J connectivity index is 1.54. The van der Waals surface area contributed by atoms with Gasteiger partial charge in [0.05, 0.1) is 5.52 Å². The lowest BCUT2D eigenvalue weighted by atomic mass is 10.2. The topological polar surface area (TPSA) is 125 Å². The van der Waals surface area contributed by atoms with Crippen molar-refractivity contribution < 1.29 is 19.5 Å². The van der Waals surface area contributed by atoms with Gasteiger partial charge in [0.1, 0.15) is 6.54 Å². The number of aromatic hydroxyl groups is 1. The average Bonchev–Trinajstić information content (AvgIpc) is 3.09. The third-order valence-corrected chi connectivity index (χ3v) is 5.27. The summed E-state index contributed by atoms with van der Waals surface area (Å²) in [5.41, 5.74) is 3.60. The molecule has 1 aromatic heterocycles. The zero-order valence-corrected chi connectivity index (χ0v) is 19.1. The Labute approximate surface area is 201 Å². The van der Waals surface area contributed by atoms with Gasteiger partial charge >= 0.3 is 11.8 Å². The van der Waals surface area contributed by atoms with Crippen molar-refractivity contribution in [1.29, 1.82) is 0 Å². The van der Waals surface area contributed by atoms with Crippen molar-refractivity contribution >= 4 is 45.7 Å². The summed E-state index contributed by atoms with van der Waals surface area (Å²) in [6, 6.07) is 21.1. The lowest BCUT2D eigenvalue weighted by molar-refractivity contribution is -0.134. The van der Waals surface area contributed by atoms with Crippen LogP contribution in [-0.4, -0.2) is 27.4 Å². The van der Waals surface area contributed by atoms with Gasteiger partial charge < -0.3 is 20.3 Å². The molecule has 0 atom stereocenters. The van der Waals surface area contributed by atoms with E-state index in [4.69, 9.17) is 0 Å². The molecule has 4 rings (SSSR count). The Bertz CT molecular complexity index is 1450. The van der Waals surface area contributed by atoms with Crippen LogP contribution in [0.3, 0.4) is 0 Å². The zero-order chi connectivity index (χ0) is 24.9. The number of carbonyl (C=O) groups excluding carboxylic acids is 3. The van der Waals surface area contributed by atoms with Gasteiger partial charge in [0.15, 0.2) is 5.69 Å². The molecule has 0 spiro atoms. The summed E-state index contributed by atoms with van der Waals surface area (Å²) < 4.78 is 1.37. The van der Waals surface area contributed by atoms with Crippen molar-refractivity contribution in [3.05, 3.63) is 83.9 Å². The molecule has 0 saturated heterocycles. The van der Waals surface area contributed by atoms with Crippen LogP contribution in [0.25, 0.3) is 10.9 Å². The highest BCUT2D eigenvalue weighted by Crippen LogP contribution is 2.38. The third-order valence-electron chi connectivity index (χ3n) is 5.27. The molecule has 0 radical (unpaired) electrons. The first kappa shape index (κ1) is 23.4. The van der Waals surface area contributed by atoms with Gasteiger partial charge in [-0.3, -0.25) is 14.4 Å². The number of aryl methyl sites for hydroxylation is 2. The van der Waals surface area contributed by atoms with Crippen molar-refractivity contribution in [2.45, 2.75) is 20.4 Å². The van der Waals surface area contributed by atoms with Crippen LogP contribution in [-0.2, 0) is 20.9 Å². The van der Waals surface area contributed by atoms with E-state index in [9.17, 15) is 19.5 Å². The molecule has 0 fully saturated rings. The molecule has 0 aliphatic carbocycles. The van der Waals surface area contributed by atoms with E-state index < -0.39 is 11.8 Å². The molecule has 4 aromatic rings. The first-order chi connectivity index (χ1) is 16.8. The molecule has 0 aliphatic rings. The number of aromatic nitrogens is 1. The molecule has 9 nitrogen and oxygen atoms in total. The number of para-hydroxylation sites is 1. The van der Waals surface area contributed by atoms with Crippen LogP contribution in [0.1, 0.15) is 11.1 Å². The number of nitrogens with one attached hydrogen (secondary N) is 2. The standard InChI is InChI=1S/C26H23N5O4/c1-16-10-12-18(13-11-16)28-24(33)25(34)30-29-23-20-8-3-4-9-21(20)31(26(23)35)15-22(32)27-19-7-5-6-17(2)14-19/h3-14,35H,15H2,1-2H3,(H,27,32)(H,28,33). The molecule has 176 valence electrons. The Morgan fingerprint density at radius 3 is 2.34 bits per heavy atom. The van der Waals surface area contributed by atoms with E-state index in [2.05, 4.69) is 20.9 Å². The maximum Gasteiger partial charge on any atom is 0.353 e. The number of azo groups is 1. The summed E-state index contributed by atoms with van der Waals surface area (Å²) in [5.74, 6) is -2.79. The summed E-state index contributed by atoms with van der Waals surface area (Å²) >= 11 is 0. The molecule has 3 N–H and O–H groups in total. The monoisotopic (exact) mass is 469 g/mol. The highest BCUT2D eigenvalue weighted by molar-refractivity contribution is 6.40. The number of benzene rings is 3. The van der Waals surface area contributed by atoms with Gasteiger partial charge in [-0.05, 0) is 49.7 Å². The quantitative estimate of drug-likeness (QED) is 0.285. The number of anilines is 2. The number of hydrogen-bond acceptors (Lipinski definition) is 5. The summed E-state index contributed by atoms with van der Waals surface area (Å²) in [6.07, 6.45) is 0. The van der Waals surface area contributed by atoms with Crippen molar-refractivity contribution in [3.63, 3.8) is 0 Å². The number of hydrogen-bond donors (Lipinski definition) is 3. The van der Waals surface area contributed by atoms with E-state index >= 15 is 0 Å². The molecule has 3 aromatic carbocycles. The van der Waals surface area contributed by atoms with E-state index in [1.165, 1.54) is 4.57 Å². The molecule has 9 heteroatoms. The minimum Gasteiger partial charge on any atom is -0.493 e. The minimum absolute atomic E-state index is 0.0135. The van der Waals surface area contributed by atoms with Crippen LogP contribution in [0.4, 0.5) is 17.1 Å². The molecule has 35 heavy (non-hydrogen) atoms.